The number of benzene rings is 1. The maximum atomic E-state index is 13.9. The largest absolute Gasteiger partial charge is 0.495 e. The van der Waals surface area contributed by atoms with E-state index in [-0.39, 0.29) is 22.7 Å². The quantitative estimate of drug-likeness (QED) is 0.646. The second kappa shape index (κ2) is 8.55. The first-order chi connectivity index (χ1) is 14.9. The van der Waals surface area contributed by atoms with Crippen molar-refractivity contribution in [2.75, 3.05) is 12.4 Å². The van der Waals surface area contributed by atoms with E-state index < -0.39 is 52.9 Å². The van der Waals surface area contributed by atoms with E-state index in [0.717, 1.165) is 13.0 Å². The molecule has 12 heteroatoms. The van der Waals surface area contributed by atoms with Gasteiger partial charge in [0.2, 0.25) is 0 Å². The van der Waals surface area contributed by atoms with Gasteiger partial charge in [0, 0.05) is 23.6 Å². The molecule has 2 aromatic rings. The molecule has 2 heterocycles. The second-order valence-corrected chi connectivity index (χ2v) is 7.78. The molecule has 1 aromatic carbocycles. The van der Waals surface area contributed by atoms with Crippen LogP contribution in [0.3, 0.4) is 0 Å². The first-order valence-corrected chi connectivity index (χ1v) is 9.64. The maximum Gasteiger partial charge on any atom is 0.417 e. The van der Waals surface area contributed by atoms with Gasteiger partial charge in [-0.25, -0.2) is 9.37 Å². The highest BCUT2D eigenvalue weighted by Gasteiger charge is 2.61. The van der Waals surface area contributed by atoms with Crippen molar-refractivity contribution in [2.45, 2.75) is 37.1 Å². The minimum atomic E-state index is -4.79. The van der Waals surface area contributed by atoms with Crippen molar-refractivity contribution in [3.63, 3.8) is 0 Å². The van der Waals surface area contributed by atoms with Gasteiger partial charge in [-0.05, 0) is 19.4 Å². The lowest BCUT2D eigenvalue weighted by Gasteiger charge is -2.27. The molecular weight excluding hydrogens is 458 g/mol. The third kappa shape index (κ3) is 4.35. The van der Waals surface area contributed by atoms with Crippen LogP contribution in [0.2, 0.25) is 5.02 Å². The van der Waals surface area contributed by atoms with E-state index in [0.29, 0.717) is 0 Å². The number of halogens is 5. The predicted octanol–water partition coefficient (Wildman–Crippen LogP) is 3.23. The Kier molecular flexibility index (Phi) is 6.34. The summed E-state index contributed by atoms with van der Waals surface area (Å²) in [5.74, 6) is -3.89. The number of pyridine rings is 1. The molecule has 3 rings (SSSR count). The summed E-state index contributed by atoms with van der Waals surface area (Å²) >= 11 is 5.93. The van der Waals surface area contributed by atoms with Crippen LogP contribution in [0, 0.1) is 5.82 Å². The molecule has 0 aliphatic carbocycles. The van der Waals surface area contributed by atoms with Gasteiger partial charge in [0.1, 0.15) is 22.7 Å². The van der Waals surface area contributed by atoms with Crippen LogP contribution in [0.5, 0.6) is 5.75 Å². The van der Waals surface area contributed by atoms with Gasteiger partial charge in [-0.15, -0.1) is 0 Å². The summed E-state index contributed by atoms with van der Waals surface area (Å²) in [5, 5.41) is 2.00. The van der Waals surface area contributed by atoms with Gasteiger partial charge in [0.15, 0.2) is 11.8 Å². The zero-order valence-electron chi connectivity index (χ0n) is 16.8. The first kappa shape index (κ1) is 23.7. The van der Waals surface area contributed by atoms with Crippen molar-refractivity contribution in [1.82, 2.24) is 0 Å². The number of nitrogens with two attached hydrogens (primary N) is 1. The molecular formula is C20H19ClF4N3O4+. The van der Waals surface area contributed by atoms with E-state index in [2.05, 4.69) is 10.3 Å². The number of H-pyrrole nitrogens is 1. The lowest BCUT2D eigenvalue weighted by molar-refractivity contribution is -0.381. The first-order valence-electron chi connectivity index (χ1n) is 9.27. The average molecular weight is 477 g/mol. The van der Waals surface area contributed by atoms with E-state index in [1.165, 1.54) is 31.5 Å². The molecule has 172 valence electrons. The highest BCUT2D eigenvalue weighted by molar-refractivity contribution is 6.32. The van der Waals surface area contributed by atoms with Crippen LogP contribution in [0.1, 0.15) is 35.3 Å². The van der Waals surface area contributed by atoms with Gasteiger partial charge in [-0.3, -0.25) is 9.59 Å². The summed E-state index contributed by atoms with van der Waals surface area (Å²) in [6, 6.07) is 4.79. The number of rotatable bonds is 5. The molecule has 3 atom stereocenters. The lowest BCUT2D eigenvalue weighted by atomic mass is 9.86. The number of aromatic nitrogens is 1. The number of hydrogen-bond acceptors (Lipinski definition) is 4. The zero-order valence-corrected chi connectivity index (χ0v) is 17.6. The Balaban J connectivity index is 2.01. The van der Waals surface area contributed by atoms with Gasteiger partial charge in [0.25, 0.3) is 11.6 Å². The Morgan fingerprint density at radius 3 is 2.62 bits per heavy atom. The molecule has 1 saturated heterocycles. The number of primary amides is 1. The summed E-state index contributed by atoms with van der Waals surface area (Å²) in [5.41, 5.74) is 2.69. The smallest absolute Gasteiger partial charge is 0.417 e. The molecule has 1 aliphatic rings. The molecule has 1 fully saturated rings. The van der Waals surface area contributed by atoms with Crippen LogP contribution in [-0.2, 0) is 9.53 Å². The van der Waals surface area contributed by atoms with Crippen LogP contribution < -0.4 is 20.8 Å². The standard InChI is InChI=1S/C20H18ClF4N3O4/c1-19(20(23,24)25)8-11(10-3-4-12(22)14(21)15(10)31-2)16(32-19)18(30)28-9-5-6-27-13(7-9)17(26)29/h3-7,11,16H,8H2,1-2H3,(H2,26,29)(H,27,28,30)/p+1. The molecule has 4 N–H and O–H groups in total. The lowest BCUT2D eigenvalue weighted by Crippen LogP contribution is -2.43. The van der Waals surface area contributed by atoms with Crippen molar-refractivity contribution >= 4 is 29.1 Å². The van der Waals surface area contributed by atoms with E-state index >= 15 is 0 Å². The topological polar surface area (TPSA) is 105 Å². The zero-order chi connectivity index (χ0) is 23.8. The van der Waals surface area contributed by atoms with Crippen molar-refractivity contribution in [3.05, 3.63) is 52.6 Å². The van der Waals surface area contributed by atoms with Crippen molar-refractivity contribution < 1.29 is 41.6 Å². The monoisotopic (exact) mass is 476 g/mol. The number of carbonyl (C=O) groups excluding carboxylic acids is 2. The fourth-order valence-electron chi connectivity index (χ4n) is 3.58. The number of ether oxygens (including phenoxy) is 2. The van der Waals surface area contributed by atoms with E-state index in [1.54, 1.807) is 0 Å². The minimum Gasteiger partial charge on any atom is -0.495 e. The number of alkyl halides is 3. The Morgan fingerprint density at radius 2 is 2.03 bits per heavy atom. The van der Waals surface area contributed by atoms with Gasteiger partial charge >= 0.3 is 12.1 Å². The van der Waals surface area contributed by atoms with E-state index in [9.17, 15) is 27.2 Å². The number of carbonyl (C=O) groups is 2. The summed E-state index contributed by atoms with van der Waals surface area (Å²) in [4.78, 5) is 26.9. The summed E-state index contributed by atoms with van der Waals surface area (Å²) < 4.78 is 65.4. The van der Waals surface area contributed by atoms with Crippen LogP contribution in [0.4, 0.5) is 23.2 Å². The predicted molar refractivity (Wildman–Crippen MR) is 105 cm³/mol. The average Bonchev–Trinajstić information content (AvgIpc) is 3.09. The molecule has 0 saturated carbocycles. The third-order valence-corrected chi connectivity index (χ3v) is 5.59. The second-order valence-electron chi connectivity index (χ2n) is 7.41. The Labute approximate surface area is 184 Å². The number of methoxy groups -OCH3 is 1. The summed E-state index contributed by atoms with van der Waals surface area (Å²) in [6.45, 7) is 0.827. The van der Waals surface area contributed by atoms with E-state index in [1.807, 2.05) is 0 Å². The molecule has 0 radical (unpaired) electrons. The van der Waals surface area contributed by atoms with Crippen LogP contribution >= 0.6 is 11.6 Å². The number of aromatic amines is 1. The van der Waals surface area contributed by atoms with Crippen molar-refractivity contribution in [3.8, 4) is 5.75 Å². The van der Waals surface area contributed by atoms with Crippen LogP contribution in [-0.4, -0.2) is 36.8 Å². The molecule has 1 aromatic heterocycles. The van der Waals surface area contributed by atoms with Gasteiger partial charge in [0.05, 0.1) is 12.8 Å². The number of nitrogens with one attached hydrogen (secondary N) is 2. The highest BCUT2D eigenvalue weighted by Crippen LogP contribution is 2.52. The number of amides is 2. The van der Waals surface area contributed by atoms with Gasteiger partial charge < -0.3 is 20.5 Å². The van der Waals surface area contributed by atoms with E-state index in [4.69, 9.17) is 26.8 Å². The van der Waals surface area contributed by atoms with Gasteiger partial charge in [-0.2, -0.15) is 13.2 Å². The molecule has 2 amide bonds. The van der Waals surface area contributed by atoms with Crippen LogP contribution in [0.25, 0.3) is 0 Å². The molecule has 0 bridgehead atoms. The van der Waals surface area contributed by atoms with Crippen LogP contribution in [0.15, 0.2) is 30.5 Å². The molecule has 32 heavy (non-hydrogen) atoms. The molecule has 0 spiro atoms. The maximum absolute atomic E-state index is 13.9. The highest BCUT2D eigenvalue weighted by atomic mass is 35.5. The van der Waals surface area contributed by atoms with Gasteiger partial charge in [-0.1, -0.05) is 17.7 Å². The fraction of sp³-hybridized carbons (Fsp3) is 0.350. The Bertz CT molecular complexity index is 1070. The van der Waals surface area contributed by atoms with Crippen molar-refractivity contribution in [2.24, 2.45) is 5.73 Å². The summed E-state index contributed by atoms with van der Waals surface area (Å²) in [7, 11) is 1.18. The number of hydrogen-bond donors (Lipinski definition) is 2. The SMILES string of the molecule is COc1c(C2CC(C)(C(F)(F)F)OC2C(=O)Nc2cc[nH+]c(C(N)=O)c2)ccc(F)c1Cl. The number of anilines is 1. The third-order valence-electron chi connectivity index (χ3n) is 5.24. The molecule has 7 nitrogen and oxygen atoms in total. The Morgan fingerprint density at radius 1 is 1.34 bits per heavy atom. The fourth-order valence-corrected chi connectivity index (χ4v) is 3.82. The Hall–Kier alpha value is -2.92. The normalized spacial score (nSPS) is 23.1. The molecule has 3 unspecified atom stereocenters. The summed E-state index contributed by atoms with van der Waals surface area (Å²) in [6.07, 6.45) is -5.73. The molecule has 1 aliphatic heterocycles. The minimum absolute atomic E-state index is 0.0289. The van der Waals surface area contributed by atoms with Crippen molar-refractivity contribution in [1.29, 1.82) is 0 Å².